The van der Waals surface area contributed by atoms with Crippen molar-refractivity contribution >= 4 is 17.1 Å². The van der Waals surface area contributed by atoms with Crippen LogP contribution in [0.25, 0.3) is 0 Å². The van der Waals surface area contributed by atoms with Gasteiger partial charge in [0.25, 0.3) is 0 Å². The molecule has 0 bridgehead atoms. The summed E-state index contributed by atoms with van der Waals surface area (Å²) in [5.74, 6) is 0.552. The Hall–Kier alpha value is -1.42. The van der Waals surface area contributed by atoms with Crippen LogP contribution in [0.1, 0.15) is 13.8 Å². The topological polar surface area (TPSA) is 67.3 Å². The number of hydrogen-bond donors (Lipinski definition) is 3. The zero-order valence-corrected chi connectivity index (χ0v) is 11.2. The Balaban J connectivity index is 2.75. The van der Waals surface area contributed by atoms with E-state index in [1.165, 1.54) is 0 Å². The van der Waals surface area contributed by atoms with Crippen LogP contribution in [0.4, 0.5) is 17.1 Å². The van der Waals surface area contributed by atoms with Crippen LogP contribution in [0, 0.1) is 5.92 Å². The molecule has 17 heavy (non-hydrogen) atoms. The van der Waals surface area contributed by atoms with Gasteiger partial charge in [0.15, 0.2) is 0 Å². The van der Waals surface area contributed by atoms with E-state index in [0.717, 1.165) is 12.2 Å². The van der Waals surface area contributed by atoms with Gasteiger partial charge in [-0.05, 0) is 38.2 Å². The molecule has 0 saturated heterocycles. The molecule has 0 aromatic heterocycles. The van der Waals surface area contributed by atoms with E-state index in [2.05, 4.69) is 38.2 Å². The van der Waals surface area contributed by atoms with Crippen LogP contribution in [0.5, 0.6) is 0 Å². The minimum Gasteiger partial charge on any atom is -0.397 e. The first-order valence-corrected chi connectivity index (χ1v) is 5.96. The van der Waals surface area contributed by atoms with Gasteiger partial charge in [-0.25, -0.2) is 0 Å². The van der Waals surface area contributed by atoms with Gasteiger partial charge in [0.1, 0.15) is 0 Å². The zero-order chi connectivity index (χ0) is 13.0. The molecule has 0 radical (unpaired) electrons. The Labute approximate surface area is 104 Å². The smallest absolute Gasteiger partial charge is 0.0568 e. The summed E-state index contributed by atoms with van der Waals surface area (Å²) in [6.45, 7) is 5.41. The second-order valence-corrected chi connectivity index (χ2v) is 5.10. The van der Waals surface area contributed by atoms with Gasteiger partial charge in [0.2, 0.25) is 0 Å². The van der Waals surface area contributed by atoms with Gasteiger partial charge in [-0.1, -0.05) is 13.8 Å². The minimum atomic E-state index is 0.396. The standard InChI is InChI=1S/C13H24N4/c1-9(2)13(8-17(3)4)16-10-5-6-11(14)12(15)7-10/h5-7,9,13,16H,8,14-15H2,1-4H3. The monoisotopic (exact) mass is 236 g/mol. The van der Waals surface area contributed by atoms with Crippen LogP contribution in [-0.2, 0) is 0 Å². The number of nitrogens with two attached hydrogens (primary N) is 2. The number of hydrogen-bond acceptors (Lipinski definition) is 4. The molecule has 0 spiro atoms. The summed E-state index contributed by atoms with van der Waals surface area (Å²) >= 11 is 0. The van der Waals surface area contributed by atoms with E-state index in [4.69, 9.17) is 11.5 Å². The molecular weight excluding hydrogens is 212 g/mol. The highest BCUT2D eigenvalue weighted by atomic mass is 15.1. The van der Waals surface area contributed by atoms with Crippen molar-refractivity contribution in [2.24, 2.45) is 5.92 Å². The number of nitrogens with zero attached hydrogens (tertiary/aromatic N) is 1. The van der Waals surface area contributed by atoms with Crippen molar-refractivity contribution in [3.05, 3.63) is 18.2 Å². The summed E-state index contributed by atoms with van der Waals surface area (Å²) in [5, 5.41) is 3.50. The lowest BCUT2D eigenvalue weighted by atomic mass is 10.0. The summed E-state index contributed by atoms with van der Waals surface area (Å²) in [4.78, 5) is 2.18. The average molecular weight is 236 g/mol. The van der Waals surface area contributed by atoms with Gasteiger partial charge in [0.05, 0.1) is 11.4 Å². The van der Waals surface area contributed by atoms with Crippen molar-refractivity contribution in [2.45, 2.75) is 19.9 Å². The highest BCUT2D eigenvalue weighted by molar-refractivity contribution is 5.69. The van der Waals surface area contributed by atoms with Crippen molar-refractivity contribution in [1.82, 2.24) is 4.90 Å². The lowest BCUT2D eigenvalue weighted by Gasteiger charge is -2.26. The quantitative estimate of drug-likeness (QED) is 0.683. The van der Waals surface area contributed by atoms with E-state index >= 15 is 0 Å². The fraction of sp³-hybridized carbons (Fsp3) is 0.538. The molecule has 0 heterocycles. The second kappa shape index (κ2) is 5.77. The van der Waals surface area contributed by atoms with Crippen molar-refractivity contribution < 1.29 is 0 Å². The maximum Gasteiger partial charge on any atom is 0.0568 e. The molecule has 0 aliphatic heterocycles. The molecule has 0 saturated carbocycles. The van der Waals surface area contributed by atoms with Crippen LogP contribution in [0.3, 0.4) is 0 Å². The van der Waals surface area contributed by atoms with Gasteiger partial charge in [0, 0.05) is 18.3 Å². The molecule has 1 aromatic carbocycles. The zero-order valence-electron chi connectivity index (χ0n) is 11.2. The first kappa shape index (κ1) is 13.6. The van der Waals surface area contributed by atoms with Crippen molar-refractivity contribution in [2.75, 3.05) is 37.4 Å². The van der Waals surface area contributed by atoms with E-state index in [-0.39, 0.29) is 0 Å². The fourth-order valence-electron chi connectivity index (χ4n) is 1.70. The number of likely N-dealkylation sites (N-methyl/N-ethyl adjacent to an activating group) is 1. The molecule has 0 aliphatic rings. The Bertz CT molecular complexity index is 360. The van der Waals surface area contributed by atoms with Crippen LogP contribution < -0.4 is 16.8 Å². The van der Waals surface area contributed by atoms with Gasteiger partial charge in [-0.15, -0.1) is 0 Å². The predicted molar refractivity (Wildman–Crippen MR) is 76.1 cm³/mol. The van der Waals surface area contributed by atoms with Crippen molar-refractivity contribution in [3.8, 4) is 0 Å². The molecule has 1 aromatic rings. The van der Waals surface area contributed by atoms with Gasteiger partial charge in [-0.2, -0.15) is 0 Å². The minimum absolute atomic E-state index is 0.396. The number of nitrogen functional groups attached to an aromatic ring is 2. The number of anilines is 3. The summed E-state index contributed by atoms with van der Waals surface area (Å²) < 4.78 is 0. The SMILES string of the molecule is CC(C)C(CN(C)C)Nc1ccc(N)c(N)c1. The third-order valence-electron chi connectivity index (χ3n) is 2.81. The molecule has 0 fully saturated rings. The summed E-state index contributed by atoms with van der Waals surface area (Å²) in [5.41, 5.74) is 13.8. The molecule has 0 amide bonds. The molecule has 5 N–H and O–H groups in total. The Morgan fingerprint density at radius 3 is 2.29 bits per heavy atom. The van der Waals surface area contributed by atoms with Crippen molar-refractivity contribution in [3.63, 3.8) is 0 Å². The van der Waals surface area contributed by atoms with Crippen LogP contribution in [0.15, 0.2) is 18.2 Å². The molecule has 4 heteroatoms. The van der Waals surface area contributed by atoms with E-state index < -0.39 is 0 Å². The number of benzene rings is 1. The fourth-order valence-corrected chi connectivity index (χ4v) is 1.70. The molecule has 1 atom stereocenters. The van der Waals surface area contributed by atoms with Crippen LogP contribution >= 0.6 is 0 Å². The molecular formula is C13H24N4. The predicted octanol–water partition coefficient (Wildman–Crippen LogP) is 1.85. The highest BCUT2D eigenvalue weighted by Gasteiger charge is 2.14. The Kier molecular flexibility index (Phi) is 4.63. The lowest BCUT2D eigenvalue weighted by Crippen LogP contribution is -2.36. The average Bonchev–Trinajstić information content (AvgIpc) is 2.21. The van der Waals surface area contributed by atoms with E-state index in [1.807, 2.05) is 18.2 Å². The molecule has 96 valence electrons. The third kappa shape index (κ3) is 4.15. The van der Waals surface area contributed by atoms with E-state index in [0.29, 0.717) is 23.3 Å². The Morgan fingerprint density at radius 2 is 1.82 bits per heavy atom. The lowest BCUT2D eigenvalue weighted by molar-refractivity contribution is 0.344. The first-order valence-electron chi connectivity index (χ1n) is 5.96. The number of rotatable bonds is 5. The molecule has 1 unspecified atom stereocenters. The maximum atomic E-state index is 5.80. The second-order valence-electron chi connectivity index (χ2n) is 5.10. The third-order valence-corrected chi connectivity index (χ3v) is 2.81. The van der Waals surface area contributed by atoms with Gasteiger partial charge >= 0.3 is 0 Å². The normalized spacial score (nSPS) is 13.1. The first-order chi connectivity index (χ1) is 7.90. The highest BCUT2D eigenvalue weighted by Crippen LogP contribution is 2.21. The number of nitrogens with one attached hydrogen (secondary N) is 1. The van der Waals surface area contributed by atoms with E-state index in [1.54, 1.807) is 0 Å². The molecule has 1 rings (SSSR count). The largest absolute Gasteiger partial charge is 0.397 e. The van der Waals surface area contributed by atoms with Crippen LogP contribution in [0.2, 0.25) is 0 Å². The summed E-state index contributed by atoms with van der Waals surface area (Å²) in [6.07, 6.45) is 0. The molecule has 0 aliphatic carbocycles. The van der Waals surface area contributed by atoms with Gasteiger partial charge < -0.3 is 21.7 Å². The summed E-state index contributed by atoms with van der Waals surface area (Å²) in [7, 11) is 4.16. The summed E-state index contributed by atoms with van der Waals surface area (Å²) in [6, 6.07) is 6.09. The van der Waals surface area contributed by atoms with E-state index in [9.17, 15) is 0 Å². The van der Waals surface area contributed by atoms with Crippen molar-refractivity contribution in [1.29, 1.82) is 0 Å². The van der Waals surface area contributed by atoms with Crippen LogP contribution in [-0.4, -0.2) is 31.6 Å². The Morgan fingerprint density at radius 1 is 1.18 bits per heavy atom. The maximum absolute atomic E-state index is 5.80. The molecule has 4 nitrogen and oxygen atoms in total. The van der Waals surface area contributed by atoms with Gasteiger partial charge in [-0.3, -0.25) is 0 Å².